The van der Waals surface area contributed by atoms with E-state index in [1.165, 1.54) is 6.20 Å². The van der Waals surface area contributed by atoms with Gasteiger partial charge in [-0.3, -0.25) is 4.79 Å². The maximum atomic E-state index is 11.9. The van der Waals surface area contributed by atoms with Gasteiger partial charge in [0.2, 0.25) is 0 Å². The van der Waals surface area contributed by atoms with Crippen LogP contribution < -0.4 is 10.6 Å². The maximum Gasteiger partial charge on any atom is 0.441 e. The smallest absolute Gasteiger partial charge is 0.370 e. The molecule has 1 amide bonds. The van der Waals surface area contributed by atoms with Gasteiger partial charge < -0.3 is 10.6 Å². The summed E-state index contributed by atoms with van der Waals surface area (Å²) in [4.78, 5) is 15.8. The standard InChI is InChI=1S/C11H14F3N3OS/c1-2-15-9-8(4-3-5-16-9)10(18)17-6-7-19-11(12,13)14/h3-5H,2,6-7H2,1H3,(H,15,16)(H,17,18). The van der Waals surface area contributed by atoms with Crippen molar-refractivity contribution in [3.05, 3.63) is 23.9 Å². The van der Waals surface area contributed by atoms with Crippen molar-refractivity contribution in [1.29, 1.82) is 0 Å². The average molecular weight is 293 g/mol. The van der Waals surface area contributed by atoms with Crippen molar-refractivity contribution < 1.29 is 18.0 Å². The van der Waals surface area contributed by atoms with Crippen LogP contribution in [0.25, 0.3) is 0 Å². The number of anilines is 1. The van der Waals surface area contributed by atoms with Crippen LogP contribution in [-0.2, 0) is 0 Å². The van der Waals surface area contributed by atoms with Crippen LogP contribution in [0.3, 0.4) is 0 Å². The summed E-state index contributed by atoms with van der Waals surface area (Å²) in [5.74, 6) is -0.232. The van der Waals surface area contributed by atoms with Crippen LogP contribution in [0.4, 0.5) is 19.0 Å². The normalized spacial score (nSPS) is 11.2. The molecule has 1 rings (SSSR count). The van der Waals surface area contributed by atoms with Crippen molar-refractivity contribution >= 4 is 23.5 Å². The van der Waals surface area contributed by atoms with Gasteiger partial charge in [-0.05, 0) is 30.8 Å². The number of nitrogens with zero attached hydrogens (tertiary/aromatic N) is 1. The first-order valence-corrected chi connectivity index (χ1v) is 6.60. The molecular formula is C11H14F3N3OS. The lowest BCUT2D eigenvalue weighted by molar-refractivity contribution is -0.0327. The summed E-state index contributed by atoms with van der Waals surface area (Å²) in [5, 5.41) is 5.35. The predicted molar refractivity (Wildman–Crippen MR) is 69.2 cm³/mol. The van der Waals surface area contributed by atoms with E-state index in [2.05, 4.69) is 15.6 Å². The van der Waals surface area contributed by atoms with E-state index < -0.39 is 11.4 Å². The molecule has 0 saturated heterocycles. The van der Waals surface area contributed by atoms with Crippen LogP contribution in [0.2, 0.25) is 0 Å². The van der Waals surface area contributed by atoms with E-state index in [-0.39, 0.29) is 24.1 Å². The molecule has 0 radical (unpaired) electrons. The highest BCUT2D eigenvalue weighted by atomic mass is 32.2. The number of alkyl halides is 3. The minimum absolute atomic E-state index is 0.0521. The first-order valence-electron chi connectivity index (χ1n) is 5.62. The number of nitrogens with one attached hydrogen (secondary N) is 2. The lowest BCUT2D eigenvalue weighted by Crippen LogP contribution is -2.27. The molecule has 0 atom stereocenters. The average Bonchev–Trinajstić information content (AvgIpc) is 2.34. The van der Waals surface area contributed by atoms with E-state index in [0.717, 1.165) is 0 Å². The summed E-state index contributed by atoms with van der Waals surface area (Å²) in [6.07, 6.45) is 1.54. The Hall–Kier alpha value is -1.44. The van der Waals surface area contributed by atoms with E-state index in [0.29, 0.717) is 17.9 Å². The molecule has 0 saturated carbocycles. The Labute approximate surface area is 113 Å². The van der Waals surface area contributed by atoms with E-state index in [1.807, 2.05) is 6.92 Å². The molecule has 1 aromatic heterocycles. The SMILES string of the molecule is CCNc1ncccc1C(=O)NCCSC(F)(F)F. The highest BCUT2D eigenvalue weighted by Crippen LogP contribution is 2.29. The molecule has 0 fully saturated rings. The molecular weight excluding hydrogens is 279 g/mol. The fourth-order valence-electron chi connectivity index (χ4n) is 1.32. The molecule has 1 aromatic rings. The van der Waals surface area contributed by atoms with Crippen LogP contribution in [0.15, 0.2) is 18.3 Å². The summed E-state index contributed by atoms with van der Waals surface area (Å²) in [7, 11) is 0. The van der Waals surface area contributed by atoms with Gasteiger partial charge in [0.25, 0.3) is 5.91 Å². The van der Waals surface area contributed by atoms with Crippen LogP contribution in [0.1, 0.15) is 17.3 Å². The lowest BCUT2D eigenvalue weighted by atomic mass is 10.2. The zero-order valence-electron chi connectivity index (χ0n) is 10.3. The molecule has 0 bridgehead atoms. The minimum atomic E-state index is -4.27. The van der Waals surface area contributed by atoms with Crippen LogP contribution in [0, 0.1) is 0 Å². The number of aromatic nitrogens is 1. The largest absolute Gasteiger partial charge is 0.441 e. The van der Waals surface area contributed by atoms with Crippen LogP contribution in [-0.4, -0.2) is 35.2 Å². The summed E-state index contributed by atoms with van der Waals surface area (Å²) in [5.41, 5.74) is -3.95. The van der Waals surface area contributed by atoms with E-state index in [4.69, 9.17) is 0 Å². The quantitative estimate of drug-likeness (QED) is 0.791. The number of carbonyl (C=O) groups excluding carboxylic acids is 1. The monoisotopic (exact) mass is 293 g/mol. The first-order chi connectivity index (χ1) is 8.94. The third-order valence-electron chi connectivity index (χ3n) is 2.05. The van der Waals surface area contributed by atoms with Gasteiger partial charge in [0.15, 0.2) is 0 Å². The third kappa shape index (κ3) is 5.82. The highest BCUT2D eigenvalue weighted by molar-refractivity contribution is 8.00. The number of pyridine rings is 1. The van der Waals surface area contributed by atoms with Gasteiger partial charge in [-0.2, -0.15) is 13.2 Å². The molecule has 2 N–H and O–H groups in total. The predicted octanol–water partition coefficient (Wildman–Crippen LogP) is 2.50. The Morgan fingerprint density at radius 1 is 1.47 bits per heavy atom. The molecule has 106 valence electrons. The van der Waals surface area contributed by atoms with Crippen molar-refractivity contribution in [3.63, 3.8) is 0 Å². The molecule has 1 heterocycles. The molecule has 0 aliphatic carbocycles. The second kappa shape index (κ2) is 7.22. The van der Waals surface area contributed by atoms with Gasteiger partial charge in [0.05, 0.1) is 5.56 Å². The van der Waals surface area contributed by atoms with Crippen molar-refractivity contribution in [2.75, 3.05) is 24.2 Å². The van der Waals surface area contributed by atoms with Gasteiger partial charge in [-0.15, -0.1) is 0 Å². The van der Waals surface area contributed by atoms with Crippen molar-refractivity contribution in [1.82, 2.24) is 10.3 Å². The van der Waals surface area contributed by atoms with E-state index in [1.54, 1.807) is 12.1 Å². The van der Waals surface area contributed by atoms with Crippen molar-refractivity contribution in [2.24, 2.45) is 0 Å². The minimum Gasteiger partial charge on any atom is -0.370 e. The Bertz CT molecular complexity index is 426. The number of halogens is 3. The van der Waals surface area contributed by atoms with E-state index >= 15 is 0 Å². The Morgan fingerprint density at radius 2 is 2.21 bits per heavy atom. The molecule has 8 heteroatoms. The zero-order valence-corrected chi connectivity index (χ0v) is 11.1. The second-order valence-electron chi connectivity index (χ2n) is 3.48. The molecule has 0 spiro atoms. The summed E-state index contributed by atoms with van der Waals surface area (Å²) in [6, 6.07) is 3.16. The van der Waals surface area contributed by atoms with Gasteiger partial charge in [0.1, 0.15) is 5.82 Å². The van der Waals surface area contributed by atoms with Crippen LogP contribution >= 0.6 is 11.8 Å². The van der Waals surface area contributed by atoms with Gasteiger partial charge in [-0.1, -0.05) is 0 Å². The second-order valence-corrected chi connectivity index (χ2v) is 4.64. The number of rotatable bonds is 6. The van der Waals surface area contributed by atoms with Gasteiger partial charge in [0, 0.05) is 25.0 Å². The number of thioether (sulfide) groups is 1. The van der Waals surface area contributed by atoms with Crippen LogP contribution in [0.5, 0.6) is 0 Å². The van der Waals surface area contributed by atoms with Crippen molar-refractivity contribution in [3.8, 4) is 0 Å². The fourth-order valence-corrected chi connectivity index (χ4v) is 1.76. The topological polar surface area (TPSA) is 54.0 Å². The van der Waals surface area contributed by atoms with Gasteiger partial charge in [-0.25, -0.2) is 4.98 Å². The highest BCUT2D eigenvalue weighted by Gasteiger charge is 2.27. The molecule has 0 aromatic carbocycles. The van der Waals surface area contributed by atoms with E-state index in [9.17, 15) is 18.0 Å². The lowest BCUT2D eigenvalue weighted by Gasteiger charge is -2.10. The summed E-state index contributed by atoms with van der Waals surface area (Å²) >= 11 is -0.161. The molecule has 19 heavy (non-hydrogen) atoms. The molecule has 0 aliphatic heterocycles. The summed E-state index contributed by atoms with van der Waals surface area (Å²) in [6.45, 7) is 2.40. The Kier molecular flexibility index (Phi) is 5.94. The Morgan fingerprint density at radius 3 is 2.84 bits per heavy atom. The number of hydrogen-bond donors (Lipinski definition) is 2. The maximum absolute atomic E-state index is 11.9. The zero-order chi connectivity index (χ0) is 14.3. The molecule has 0 aliphatic rings. The number of amides is 1. The van der Waals surface area contributed by atoms with Crippen molar-refractivity contribution in [2.45, 2.75) is 12.4 Å². The number of hydrogen-bond acceptors (Lipinski definition) is 4. The number of carbonyl (C=O) groups is 1. The Balaban J connectivity index is 2.49. The molecule has 0 unspecified atom stereocenters. The van der Waals surface area contributed by atoms with Gasteiger partial charge >= 0.3 is 5.51 Å². The molecule has 4 nitrogen and oxygen atoms in total. The third-order valence-corrected chi connectivity index (χ3v) is 2.79. The fraction of sp³-hybridized carbons (Fsp3) is 0.455. The summed E-state index contributed by atoms with van der Waals surface area (Å²) < 4.78 is 35.7. The first kappa shape index (κ1) is 15.6.